The highest BCUT2D eigenvalue weighted by Gasteiger charge is 2.21. The molecule has 0 radical (unpaired) electrons. The van der Waals surface area contributed by atoms with Crippen LogP contribution in [-0.4, -0.2) is 23.7 Å². The number of ether oxygens (including phenoxy) is 1. The summed E-state index contributed by atoms with van der Waals surface area (Å²) in [4.78, 5) is 24.4. The first-order valence-corrected chi connectivity index (χ1v) is 9.66. The first-order chi connectivity index (χ1) is 11.8. The van der Waals surface area contributed by atoms with E-state index in [0.717, 1.165) is 12.5 Å². The summed E-state index contributed by atoms with van der Waals surface area (Å²) in [5, 5.41) is 2.34. The molecule has 0 spiro atoms. The molecule has 0 aromatic heterocycles. The van der Waals surface area contributed by atoms with Gasteiger partial charge < -0.3 is 10.1 Å². The smallest absolute Gasteiger partial charge is 0.319 e. The largest absolute Gasteiger partial charge is 0.465 e. The van der Waals surface area contributed by atoms with E-state index in [1.54, 1.807) is 6.92 Å². The van der Waals surface area contributed by atoms with Crippen molar-refractivity contribution in [2.24, 2.45) is 5.92 Å². The van der Waals surface area contributed by atoms with Gasteiger partial charge in [0, 0.05) is 11.3 Å². The van der Waals surface area contributed by atoms with Gasteiger partial charge in [0.2, 0.25) is 5.91 Å². The van der Waals surface area contributed by atoms with Crippen molar-refractivity contribution in [3.05, 3.63) is 23.0 Å². The Morgan fingerprint density at radius 3 is 2.56 bits per heavy atom. The summed E-state index contributed by atoms with van der Waals surface area (Å²) in [7, 11) is 0. The van der Waals surface area contributed by atoms with E-state index in [1.807, 2.05) is 20.8 Å². The molecular formula is C18H25ClFNO3S. The average Bonchev–Trinajstić information content (AvgIpc) is 2.54. The van der Waals surface area contributed by atoms with Crippen molar-refractivity contribution in [1.29, 1.82) is 0 Å². The number of benzene rings is 1. The van der Waals surface area contributed by atoms with E-state index >= 15 is 0 Å². The summed E-state index contributed by atoms with van der Waals surface area (Å²) in [6, 6.07) is 2.62. The predicted molar refractivity (Wildman–Crippen MR) is 101 cm³/mol. The molecule has 1 atom stereocenters. The number of nitrogens with one attached hydrogen (secondary N) is 1. The van der Waals surface area contributed by atoms with Gasteiger partial charge in [-0.1, -0.05) is 32.4 Å². The zero-order valence-electron chi connectivity index (χ0n) is 15.0. The number of rotatable bonds is 9. The number of anilines is 1. The highest BCUT2D eigenvalue weighted by atomic mass is 35.5. The van der Waals surface area contributed by atoms with Crippen LogP contribution in [0.25, 0.3) is 0 Å². The van der Waals surface area contributed by atoms with Gasteiger partial charge in [0.05, 0.1) is 17.3 Å². The molecule has 0 saturated carbocycles. The molecule has 1 N–H and O–H groups in total. The molecule has 0 aliphatic rings. The molecule has 1 amide bonds. The second-order valence-electron chi connectivity index (χ2n) is 6.01. The van der Waals surface area contributed by atoms with Crippen LogP contribution in [0.2, 0.25) is 5.02 Å². The maximum Gasteiger partial charge on any atom is 0.319 e. The zero-order valence-corrected chi connectivity index (χ0v) is 16.6. The summed E-state index contributed by atoms with van der Waals surface area (Å²) in [6.07, 6.45) is 1.60. The van der Waals surface area contributed by atoms with Crippen molar-refractivity contribution in [2.45, 2.75) is 57.1 Å². The monoisotopic (exact) mass is 389 g/mol. The van der Waals surface area contributed by atoms with E-state index in [-0.39, 0.29) is 22.6 Å². The first-order valence-electron chi connectivity index (χ1n) is 8.40. The molecule has 0 saturated heterocycles. The number of carbonyl (C=O) groups is 2. The molecule has 0 bridgehead atoms. The Labute approximate surface area is 157 Å². The van der Waals surface area contributed by atoms with Crippen LogP contribution >= 0.6 is 23.4 Å². The van der Waals surface area contributed by atoms with E-state index < -0.39 is 11.1 Å². The van der Waals surface area contributed by atoms with Crippen molar-refractivity contribution in [3.8, 4) is 0 Å². The van der Waals surface area contributed by atoms with Gasteiger partial charge in [-0.2, -0.15) is 0 Å². The van der Waals surface area contributed by atoms with E-state index in [4.69, 9.17) is 16.3 Å². The number of amides is 1. The SMILES string of the molecule is CCOC(=O)C(CC)Sc1cc(NC(=O)CCC(C)C)c(F)cc1Cl. The lowest BCUT2D eigenvalue weighted by Crippen LogP contribution is -2.19. The minimum Gasteiger partial charge on any atom is -0.465 e. The average molecular weight is 390 g/mol. The van der Waals surface area contributed by atoms with Gasteiger partial charge in [-0.15, -0.1) is 11.8 Å². The van der Waals surface area contributed by atoms with Gasteiger partial charge in [0.15, 0.2) is 0 Å². The summed E-state index contributed by atoms with van der Waals surface area (Å²) in [6.45, 7) is 7.94. The third-order valence-electron chi connectivity index (χ3n) is 3.43. The fraction of sp³-hybridized carbons (Fsp3) is 0.556. The van der Waals surface area contributed by atoms with Gasteiger partial charge >= 0.3 is 5.97 Å². The lowest BCUT2D eigenvalue weighted by Gasteiger charge is -2.15. The molecule has 7 heteroatoms. The summed E-state index contributed by atoms with van der Waals surface area (Å²) >= 11 is 7.31. The third kappa shape index (κ3) is 7.24. The predicted octanol–water partition coefficient (Wildman–Crippen LogP) is 5.29. The first kappa shape index (κ1) is 21.8. The van der Waals surface area contributed by atoms with E-state index in [2.05, 4.69) is 5.32 Å². The van der Waals surface area contributed by atoms with E-state index in [0.29, 0.717) is 30.3 Å². The van der Waals surface area contributed by atoms with Crippen LogP contribution in [0.1, 0.15) is 47.0 Å². The Bertz CT molecular complexity index is 610. The van der Waals surface area contributed by atoms with Gasteiger partial charge in [-0.3, -0.25) is 9.59 Å². The van der Waals surface area contributed by atoms with Crippen LogP contribution in [0.4, 0.5) is 10.1 Å². The molecule has 0 aliphatic carbocycles. The Morgan fingerprint density at radius 1 is 1.32 bits per heavy atom. The van der Waals surface area contributed by atoms with Gasteiger partial charge in [0.1, 0.15) is 11.1 Å². The van der Waals surface area contributed by atoms with Crippen LogP contribution in [-0.2, 0) is 14.3 Å². The molecule has 1 aromatic rings. The van der Waals surface area contributed by atoms with Gasteiger partial charge in [-0.25, -0.2) is 4.39 Å². The molecular weight excluding hydrogens is 365 g/mol. The molecule has 25 heavy (non-hydrogen) atoms. The lowest BCUT2D eigenvalue weighted by atomic mass is 10.1. The van der Waals surface area contributed by atoms with E-state index in [1.165, 1.54) is 17.8 Å². The molecule has 0 fully saturated rings. The Hall–Kier alpha value is -1.27. The van der Waals surface area contributed by atoms with Crippen LogP contribution < -0.4 is 5.32 Å². The zero-order chi connectivity index (χ0) is 19.0. The van der Waals surface area contributed by atoms with E-state index in [9.17, 15) is 14.0 Å². The number of thioether (sulfide) groups is 1. The van der Waals surface area contributed by atoms with Crippen molar-refractivity contribution in [1.82, 2.24) is 0 Å². The third-order valence-corrected chi connectivity index (χ3v) is 5.26. The fourth-order valence-electron chi connectivity index (χ4n) is 2.03. The second kappa shape index (κ2) is 10.7. The summed E-state index contributed by atoms with van der Waals surface area (Å²) < 4.78 is 19.1. The van der Waals surface area contributed by atoms with Crippen LogP contribution in [0.5, 0.6) is 0 Å². The van der Waals surface area contributed by atoms with Crippen LogP contribution in [0.3, 0.4) is 0 Å². The van der Waals surface area contributed by atoms with Crippen molar-refractivity contribution in [3.63, 3.8) is 0 Å². The standard InChI is InChI=1S/C18H25ClFNO3S/c1-5-15(18(23)24-6-2)25-16-10-14(13(20)9-12(16)19)21-17(22)8-7-11(3)4/h9-11,15H,5-8H2,1-4H3,(H,21,22). The minimum absolute atomic E-state index is 0.0689. The van der Waals surface area contributed by atoms with Crippen molar-refractivity contribution in [2.75, 3.05) is 11.9 Å². The molecule has 1 unspecified atom stereocenters. The maximum atomic E-state index is 14.1. The van der Waals surface area contributed by atoms with Gasteiger partial charge in [0.25, 0.3) is 0 Å². The molecule has 1 rings (SSSR count). The van der Waals surface area contributed by atoms with Crippen molar-refractivity contribution >= 4 is 40.9 Å². The highest BCUT2D eigenvalue weighted by molar-refractivity contribution is 8.00. The quantitative estimate of drug-likeness (QED) is 0.460. The minimum atomic E-state index is -0.601. The molecule has 0 aliphatic heterocycles. The lowest BCUT2D eigenvalue weighted by molar-refractivity contribution is -0.142. The number of esters is 1. The highest BCUT2D eigenvalue weighted by Crippen LogP contribution is 2.35. The molecule has 4 nitrogen and oxygen atoms in total. The van der Waals surface area contributed by atoms with Gasteiger partial charge in [-0.05, 0) is 37.8 Å². The number of hydrogen-bond acceptors (Lipinski definition) is 4. The molecule has 0 heterocycles. The number of hydrogen-bond donors (Lipinski definition) is 1. The summed E-state index contributed by atoms with van der Waals surface area (Å²) in [5.74, 6) is -0.792. The van der Waals surface area contributed by atoms with Crippen LogP contribution in [0.15, 0.2) is 17.0 Å². The Morgan fingerprint density at radius 2 is 2.00 bits per heavy atom. The van der Waals surface area contributed by atoms with Crippen molar-refractivity contribution < 1.29 is 18.7 Å². The summed E-state index contributed by atoms with van der Waals surface area (Å²) in [5.41, 5.74) is 0.0689. The van der Waals surface area contributed by atoms with Crippen LogP contribution in [0, 0.1) is 11.7 Å². The Balaban J connectivity index is 2.91. The number of carbonyl (C=O) groups excluding carboxylic acids is 2. The second-order valence-corrected chi connectivity index (χ2v) is 7.66. The number of halogens is 2. The Kier molecular flexibility index (Phi) is 9.28. The molecule has 1 aromatic carbocycles. The fourth-order valence-corrected chi connectivity index (χ4v) is 3.31. The maximum absolute atomic E-state index is 14.1. The topological polar surface area (TPSA) is 55.4 Å². The molecule has 140 valence electrons. The normalized spacial score (nSPS) is 12.1.